The number of rotatable bonds is 10. The van der Waals surface area contributed by atoms with Gasteiger partial charge in [0, 0.05) is 52.5 Å². The van der Waals surface area contributed by atoms with Crippen molar-refractivity contribution < 1.29 is 22.7 Å². The SMILES string of the molecule is CNS(=O)(=O)c1ccc(/C=C/C(=O)N2CCN(CC(=O)NCCCOC)CC2)cc1. The number of piperazine rings is 1. The van der Waals surface area contributed by atoms with Crippen LogP contribution < -0.4 is 10.0 Å². The minimum Gasteiger partial charge on any atom is -0.385 e. The number of carbonyl (C=O) groups excluding carboxylic acids is 2. The standard InChI is InChI=1S/C20H30N4O5S/c1-21-30(27,28)18-7-4-17(5-8-18)6-9-20(26)24-13-11-23(12-14-24)16-19(25)22-10-3-15-29-2/h4-9,21H,3,10-16H2,1-2H3,(H,22,25)/b9-6+. The molecule has 10 heteroatoms. The highest BCUT2D eigenvalue weighted by molar-refractivity contribution is 7.89. The molecule has 2 N–H and O–H groups in total. The van der Waals surface area contributed by atoms with E-state index in [9.17, 15) is 18.0 Å². The molecule has 0 spiro atoms. The van der Waals surface area contributed by atoms with E-state index in [-0.39, 0.29) is 16.7 Å². The van der Waals surface area contributed by atoms with Crippen molar-refractivity contribution in [3.05, 3.63) is 35.9 Å². The Morgan fingerprint density at radius 2 is 1.80 bits per heavy atom. The Balaban J connectivity index is 1.76. The Labute approximate surface area is 178 Å². The molecule has 9 nitrogen and oxygen atoms in total. The molecule has 2 amide bonds. The lowest BCUT2D eigenvalue weighted by Crippen LogP contribution is -2.50. The van der Waals surface area contributed by atoms with Crippen molar-refractivity contribution in [1.82, 2.24) is 19.8 Å². The summed E-state index contributed by atoms with van der Waals surface area (Å²) in [6, 6.07) is 6.29. The van der Waals surface area contributed by atoms with E-state index in [2.05, 4.69) is 10.0 Å². The third-order valence-corrected chi connectivity index (χ3v) is 6.21. The van der Waals surface area contributed by atoms with Gasteiger partial charge in [-0.2, -0.15) is 0 Å². The maximum absolute atomic E-state index is 12.4. The number of sulfonamides is 1. The van der Waals surface area contributed by atoms with E-state index < -0.39 is 10.0 Å². The van der Waals surface area contributed by atoms with Crippen molar-refractivity contribution in [2.24, 2.45) is 0 Å². The summed E-state index contributed by atoms with van der Waals surface area (Å²) in [5, 5.41) is 2.86. The second-order valence-electron chi connectivity index (χ2n) is 6.91. The lowest BCUT2D eigenvalue weighted by molar-refractivity contribution is -0.128. The van der Waals surface area contributed by atoms with E-state index in [0.29, 0.717) is 45.9 Å². The highest BCUT2D eigenvalue weighted by atomic mass is 32.2. The Bertz CT molecular complexity index is 831. The summed E-state index contributed by atoms with van der Waals surface area (Å²) in [5.41, 5.74) is 0.738. The number of amides is 2. The van der Waals surface area contributed by atoms with Gasteiger partial charge in [-0.1, -0.05) is 12.1 Å². The highest BCUT2D eigenvalue weighted by Crippen LogP contribution is 2.12. The zero-order chi connectivity index (χ0) is 22.0. The van der Waals surface area contributed by atoms with Gasteiger partial charge in [0.25, 0.3) is 0 Å². The smallest absolute Gasteiger partial charge is 0.246 e. The summed E-state index contributed by atoms with van der Waals surface area (Å²) in [5.74, 6) is -0.125. The van der Waals surface area contributed by atoms with E-state index in [1.165, 1.54) is 25.3 Å². The lowest BCUT2D eigenvalue weighted by Gasteiger charge is -2.33. The molecule has 1 aromatic rings. The van der Waals surface area contributed by atoms with E-state index >= 15 is 0 Å². The van der Waals surface area contributed by atoms with Gasteiger partial charge in [0.15, 0.2) is 0 Å². The van der Waals surface area contributed by atoms with Crippen LogP contribution in [0.25, 0.3) is 6.08 Å². The van der Waals surface area contributed by atoms with Crippen molar-refractivity contribution in [2.45, 2.75) is 11.3 Å². The van der Waals surface area contributed by atoms with Crippen molar-refractivity contribution in [1.29, 1.82) is 0 Å². The van der Waals surface area contributed by atoms with Gasteiger partial charge in [0.05, 0.1) is 11.4 Å². The Morgan fingerprint density at radius 3 is 2.40 bits per heavy atom. The molecular formula is C20H30N4O5S. The van der Waals surface area contributed by atoms with Crippen LogP contribution in [0, 0.1) is 0 Å². The fourth-order valence-electron chi connectivity index (χ4n) is 2.98. The van der Waals surface area contributed by atoms with Crippen LogP contribution in [0.2, 0.25) is 0 Å². The van der Waals surface area contributed by atoms with Gasteiger partial charge in [-0.3, -0.25) is 14.5 Å². The molecule has 0 saturated carbocycles. The van der Waals surface area contributed by atoms with Gasteiger partial charge >= 0.3 is 0 Å². The number of benzene rings is 1. The van der Waals surface area contributed by atoms with Crippen molar-refractivity contribution >= 4 is 27.9 Å². The molecule has 0 aliphatic carbocycles. The predicted octanol–water partition coefficient (Wildman–Crippen LogP) is -0.0952. The molecule has 2 rings (SSSR count). The van der Waals surface area contributed by atoms with Gasteiger partial charge in [-0.05, 0) is 37.2 Å². The number of hydrogen-bond acceptors (Lipinski definition) is 6. The van der Waals surface area contributed by atoms with E-state index in [0.717, 1.165) is 12.0 Å². The first kappa shape index (κ1) is 24.0. The van der Waals surface area contributed by atoms with Crippen molar-refractivity contribution in [3.8, 4) is 0 Å². The number of carbonyl (C=O) groups is 2. The quantitative estimate of drug-likeness (QED) is 0.390. The summed E-state index contributed by atoms with van der Waals surface area (Å²) in [6.07, 6.45) is 3.93. The summed E-state index contributed by atoms with van der Waals surface area (Å²) >= 11 is 0. The van der Waals surface area contributed by atoms with Gasteiger partial charge in [0.2, 0.25) is 21.8 Å². The Kier molecular flexibility index (Phi) is 9.44. The van der Waals surface area contributed by atoms with Crippen molar-refractivity contribution in [2.75, 3.05) is 60.0 Å². The van der Waals surface area contributed by atoms with Crippen LogP contribution in [-0.4, -0.2) is 90.1 Å². The van der Waals surface area contributed by atoms with Gasteiger partial charge in [-0.25, -0.2) is 13.1 Å². The average Bonchev–Trinajstić information content (AvgIpc) is 2.76. The van der Waals surface area contributed by atoms with Crippen LogP contribution in [0.5, 0.6) is 0 Å². The molecule has 30 heavy (non-hydrogen) atoms. The van der Waals surface area contributed by atoms with Gasteiger partial charge in [-0.15, -0.1) is 0 Å². The second kappa shape index (κ2) is 11.8. The van der Waals surface area contributed by atoms with Crippen LogP contribution in [0.4, 0.5) is 0 Å². The number of methoxy groups -OCH3 is 1. The topological polar surface area (TPSA) is 108 Å². The molecule has 0 aromatic heterocycles. The third kappa shape index (κ3) is 7.52. The van der Waals surface area contributed by atoms with Crippen LogP contribution in [0.3, 0.4) is 0 Å². The summed E-state index contributed by atoms with van der Waals surface area (Å²) in [6.45, 7) is 3.93. The van der Waals surface area contributed by atoms with Crippen LogP contribution >= 0.6 is 0 Å². The molecule has 0 bridgehead atoms. The summed E-state index contributed by atoms with van der Waals surface area (Å²) in [4.78, 5) is 28.3. The summed E-state index contributed by atoms with van der Waals surface area (Å²) in [7, 11) is -0.485. The zero-order valence-electron chi connectivity index (χ0n) is 17.5. The number of nitrogens with zero attached hydrogens (tertiary/aromatic N) is 2. The van der Waals surface area contributed by atoms with Gasteiger partial charge in [0.1, 0.15) is 0 Å². The van der Waals surface area contributed by atoms with Crippen LogP contribution in [0.15, 0.2) is 35.2 Å². The number of hydrogen-bond donors (Lipinski definition) is 2. The molecule has 1 aliphatic rings. The number of ether oxygens (including phenoxy) is 1. The third-order valence-electron chi connectivity index (χ3n) is 4.78. The molecule has 1 fully saturated rings. The largest absolute Gasteiger partial charge is 0.385 e. The van der Waals surface area contributed by atoms with Crippen LogP contribution in [-0.2, 0) is 24.3 Å². The fourth-order valence-corrected chi connectivity index (χ4v) is 3.71. The monoisotopic (exact) mass is 438 g/mol. The molecule has 1 aromatic carbocycles. The predicted molar refractivity (Wildman–Crippen MR) is 114 cm³/mol. The first-order valence-corrected chi connectivity index (χ1v) is 11.3. The van der Waals surface area contributed by atoms with Crippen LogP contribution in [0.1, 0.15) is 12.0 Å². The maximum Gasteiger partial charge on any atom is 0.246 e. The first-order chi connectivity index (χ1) is 14.4. The minimum absolute atomic E-state index is 0.0190. The molecule has 1 heterocycles. The molecular weight excluding hydrogens is 408 g/mol. The zero-order valence-corrected chi connectivity index (χ0v) is 18.3. The molecule has 166 valence electrons. The summed E-state index contributed by atoms with van der Waals surface area (Å²) < 4.78 is 30.7. The molecule has 0 atom stereocenters. The Hall–Kier alpha value is -2.27. The molecule has 1 aliphatic heterocycles. The average molecular weight is 439 g/mol. The van der Waals surface area contributed by atoms with Gasteiger partial charge < -0.3 is 15.0 Å². The maximum atomic E-state index is 12.4. The normalized spacial score (nSPS) is 15.5. The lowest BCUT2D eigenvalue weighted by atomic mass is 10.2. The molecule has 1 saturated heterocycles. The molecule has 0 unspecified atom stereocenters. The number of nitrogens with one attached hydrogen (secondary N) is 2. The fraction of sp³-hybridized carbons (Fsp3) is 0.500. The van der Waals surface area contributed by atoms with E-state index in [4.69, 9.17) is 4.74 Å². The first-order valence-electron chi connectivity index (χ1n) is 9.84. The minimum atomic E-state index is -3.47. The Morgan fingerprint density at radius 1 is 1.13 bits per heavy atom. The van der Waals surface area contributed by atoms with E-state index in [1.54, 1.807) is 30.2 Å². The highest BCUT2D eigenvalue weighted by Gasteiger charge is 2.21. The molecule has 0 radical (unpaired) electrons. The second-order valence-corrected chi connectivity index (χ2v) is 8.79. The van der Waals surface area contributed by atoms with E-state index in [1.807, 2.05) is 4.90 Å². The van der Waals surface area contributed by atoms with Crippen molar-refractivity contribution in [3.63, 3.8) is 0 Å².